The Labute approximate surface area is 235 Å². The monoisotopic (exact) mass is 522 g/mol. The van der Waals surface area contributed by atoms with Crippen LogP contribution in [0.4, 0.5) is 0 Å². The molecule has 2 heterocycles. The fourth-order valence-electron chi connectivity index (χ4n) is 6.11. The summed E-state index contributed by atoms with van der Waals surface area (Å²) in [7, 11) is 0. The molecule has 0 radical (unpaired) electrons. The molecular weight excluding hydrogens is 488 g/mol. The van der Waals surface area contributed by atoms with E-state index in [0.29, 0.717) is 0 Å². The maximum Gasteiger partial charge on any atom is 0.178 e. The Morgan fingerprint density at radius 2 is 0.875 bits per heavy atom. The first kappa shape index (κ1) is 24.7. The quantitative estimate of drug-likeness (QED) is 0.198. The minimum absolute atomic E-state index is 0.836. The van der Waals surface area contributed by atoms with Crippen LogP contribution in [0.25, 0.3) is 66.1 Å². The first-order valence-corrected chi connectivity index (χ1v) is 14.7. The Bertz CT molecular complexity index is 1810. The Morgan fingerprint density at radius 3 is 1.27 bits per heavy atom. The van der Waals surface area contributed by atoms with Gasteiger partial charge in [-0.3, -0.25) is 0 Å². The van der Waals surface area contributed by atoms with Gasteiger partial charge in [-0.25, -0.2) is 0 Å². The van der Waals surface area contributed by atoms with Gasteiger partial charge in [0.1, 0.15) is 11.2 Å². The number of fused-ring (bicyclic) bond motifs is 7. The molecule has 0 amide bonds. The Hall–Kier alpha value is -4.30. The van der Waals surface area contributed by atoms with Crippen LogP contribution in [0.5, 0.6) is 0 Å². The van der Waals surface area contributed by atoms with Crippen molar-refractivity contribution in [2.75, 3.05) is 0 Å². The van der Waals surface area contributed by atoms with E-state index in [1.807, 2.05) is 0 Å². The lowest BCUT2D eigenvalue weighted by molar-refractivity contribution is 0.634. The van der Waals surface area contributed by atoms with E-state index in [0.717, 1.165) is 67.8 Å². The third-order valence-electron chi connectivity index (χ3n) is 8.21. The molecule has 0 fully saturated rings. The lowest BCUT2D eigenvalue weighted by Crippen LogP contribution is -1.88. The van der Waals surface area contributed by atoms with Crippen molar-refractivity contribution in [1.29, 1.82) is 0 Å². The van der Waals surface area contributed by atoms with E-state index in [9.17, 15) is 0 Å². The second kappa shape index (κ2) is 10.4. The van der Waals surface area contributed by atoms with Gasteiger partial charge in [-0.2, -0.15) is 0 Å². The number of hydrogen-bond donors (Lipinski definition) is 0. The van der Waals surface area contributed by atoms with E-state index in [-0.39, 0.29) is 0 Å². The third-order valence-corrected chi connectivity index (χ3v) is 8.21. The molecule has 5 aromatic carbocycles. The summed E-state index contributed by atoms with van der Waals surface area (Å²) < 4.78 is 13.6. The Balaban J connectivity index is 1.53. The van der Waals surface area contributed by atoms with Gasteiger partial charge in [-0.05, 0) is 84.3 Å². The van der Waals surface area contributed by atoms with E-state index in [1.165, 1.54) is 47.9 Å². The van der Waals surface area contributed by atoms with Gasteiger partial charge in [0.25, 0.3) is 0 Å². The minimum Gasteiger partial charge on any atom is -0.451 e. The minimum atomic E-state index is 0.836. The highest BCUT2D eigenvalue weighted by Gasteiger charge is 2.21. The molecule has 0 aliphatic carbocycles. The second-order valence-electron chi connectivity index (χ2n) is 11.0. The van der Waals surface area contributed by atoms with E-state index < -0.39 is 0 Å². The summed E-state index contributed by atoms with van der Waals surface area (Å²) in [4.78, 5) is 0. The topological polar surface area (TPSA) is 26.3 Å². The number of benzene rings is 5. The number of aryl methyl sites for hydroxylation is 2. The van der Waals surface area contributed by atoms with Gasteiger partial charge in [-0.15, -0.1) is 0 Å². The van der Waals surface area contributed by atoms with Crippen molar-refractivity contribution in [2.24, 2.45) is 0 Å². The largest absolute Gasteiger partial charge is 0.451 e. The van der Waals surface area contributed by atoms with Gasteiger partial charge >= 0.3 is 0 Å². The van der Waals surface area contributed by atoms with Crippen molar-refractivity contribution in [2.45, 2.75) is 52.4 Å². The molecule has 0 bridgehead atoms. The van der Waals surface area contributed by atoms with Crippen LogP contribution in [0.1, 0.15) is 50.7 Å². The fourth-order valence-corrected chi connectivity index (χ4v) is 6.11. The van der Waals surface area contributed by atoms with Gasteiger partial charge in [-0.1, -0.05) is 87.4 Å². The van der Waals surface area contributed by atoms with Crippen LogP contribution in [-0.4, -0.2) is 0 Å². The van der Waals surface area contributed by atoms with Crippen LogP contribution in [0.3, 0.4) is 0 Å². The third kappa shape index (κ3) is 4.19. The average molecular weight is 523 g/mol. The molecule has 2 aromatic heterocycles. The maximum atomic E-state index is 6.79. The van der Waals surface area contributed by atoms with Crippen molar-refractivity contribution in [3.05, 3.63) is 108 Å². The predicted octanol–water partition coefficient (Wildman–Crippen LogP) is 11.5. The number of furan rings is 2. The number of rotatable bonds is 8. The lowest BCUT2D eigenvalue weighted by atomic mass is 9.96. The maximum absolute atomic E-state index is 6.79. The van der Waals surface area contributed by atoms with Gasteiger partial charge in [0.2, 0.25) is 0 Å². The highest BCUT2D eigenvalue weighted by Crippen LogP contribution is 2.44. The predicted molar refractivity (Wildman–Crippen MR) is 169 cm³/mol. The van der Waals surface area contributed by atoms with Crippen LogP contribution in [0, 0.1) is 0 Å². The molecule has 0 spiro atoms. The molecule has 0 aliphatic rings. The summed E-state index contributed by atoms with van der Waals surface area (Å²) in [6, 6.07) is 35.0. The molecule has 198 valence electrons. The molecule has 2 heteroatoms. The van der Waals surface area contributed by atoms with E-state index in [4.69, 9.17) is 8.83 Å². The van der Waals surface area contributed by atoms with Gasteiger partial charge < -0.3 is 8.83 Å². The van der Waals surface area contributed by atoms with Crippen molar-refractivity contribution in [3.8, 4) is 22.3 Å². The van der Waals surface area contributed by atoms with E-state index in [1.54, 1.807) is 0 Å². The summed E-state index contributed by atoms with van der Waals surface area (Å²) in [5, 5.41) is 4.56. The molecule has 0 aliphatic heterocycles. The van der Waals surface area contributed by atoms with Crippen LogP contribution < -0.4 is 0 Å². The first-order chi connectivity index (χ1) is 19.7. The summed E-state index contributed by atoms with van der Waals surface area (Å²) in [6.45, 7) is 4.50. The molecular formula is C38H34O2. The molecule has 7 aromatic rings. The van der Waals surface area contributed by atoms with Crippen molar-refractivity contribution < 1.29 is 8.83 Å². The SMILES string of the molecule is CCCCc1cc(-c2ccccc2)c2oc3c(ccc4c5cc(CCCC)cc(-c6ccccc6)c5oc43)c2c1. The number of hydrogen-bond acceptors (Lipinski definition) is 2. The van der Waals surface area contributed by atoms with Crippen LogP contribution in [0.15, 0.2) is 106 Å². The second-order valence-corrected chi connectivity index (χ2v) is 11.0. The van der Waals surface area contributed by atoms with Crippen LogP contribution in [0.2, 0.25) is 0 Å². The molecule has 0 unspecified atom stereocenters. The van der Waals surface area contributed by atoms with Crippen molar-refractivity contribution in [3.63, 3.8) is 0 Å². The molecule has 2 nitrogen and oxygen atoms in total. The number of unbranched alkanes of at least 4 members (excludes halogenated alkanes) is 2. The summed E-state index contributed by atoms with van der Waals surface area (Å²) in [6.07, 6.45) is 6.82. The molecule has 0 atom stereocenters. The summed E-state index contributed by atoms with van der Waals surface area (Å²) >= 11 is 0. The Kier molecular flexibility index (Phi) is 6.40. The molecule has 40 heavy (non-hydrogen) atoms. The van der Waals surface area contributed by atoms with Gasteiger partial charge in [0.15, 0.2) is 11.2 Å². The summed E-state index contributed by atoms with van der Waals surface area (Å²) in [5.41, 5.74) is 10.9. The smallest absolute Gasteiger partial charge is 0.178 e. The van der Waals surface area contributed by atoms with Gasteiger partial charge in [0.05, 0.1) is 0 Å². The van der Waals surface area contributed by atoms with Crippen LogP contribution in [-0.2, 0) is 12.8 Å². The first-order valence-electron chi connectivity index (χ1n) is 14.7. The normalized spacial score (nSPS) is 11.8. The highest BCUT2D eigenvalue weighted by atomic mass is 16.4. The standard InChI is InChI=1S/C38H34O2/c1-3-5-13-25-21-31(27-15-9-7-10-16-27)35-33(23-25)29-19-20-30-34-24-26(14-6-4-2)22-32(28-17-11-8-12-18-28)36(34)40-38(30)37(29)39-35/h7-12,15-24H,3-6,13-14H2,1-2H3. The van der Waals surface area contributed by atoms with Crippen LogP contribution >= 0.6 is 0 Å². The lowest BCUT2D eigenvalue weighted by Gasteiger charge is -2.07. The average Bonchev–Trinajstić information content (AvgIpc) is 3.57. The fraction of sp³-hybridized carbons (Fsp3) is 0.211. The zero-order chi connectivity index (χ0) is 27.1. The van der Waals surface area contributed by atoms with Gasteiger partial charge in [0, 0.05) is 32.7 Å². The van der Waals surface area contributed by atoms with Crippen molar-refractivity contribution in [1.82, 2.24) is 0 Å². The highest BCUT2D eigenvalue weighted by molar-refractivity contribution is 6.21. The van der Waals surface area contributed by atoms with E-state index in [2.05, 4.69) is 111 Å². The Morgan fingerprint density at radius 1 is 0.450 bits per heavy atom. The summed E-state index contributed by atoms with van der Waals surface area (Å²) in [5.74, 6) is 0. The van der Waals surface area contributed by atoms with Crippen molar-refractivity contribution >= 4 is 43.9 Å². The zero-order valence-corrected chi connectivity index (χ0v) is 23.3. The molecule has 0 N–H and O–H groups in total. The van der Waals surface area contributed by atoms with E-state index >= 15 is 0 Å². The molecule has 7 rings (SSSR count). The molecule has 0 saturated carbocycles. The molecule has 0 saturated heterocycles. The zero-order valence-electron chi connectivity index (χ0n) is 23.3.